The second kappa shape index (κ2) is 19.8. The van der Waals surface area contributed by atoms with E-state index in [9.17, 15) is 17.6 Å². The SMILES string of the molecule is Cc1cc(F)c(C)c(Cl)c1.Cc1cc(F)c(C)c(F)c1.Cc1ccc(C)c(Cl)c1.Cc1ccc(C)c(F)c1.Cc1ccc(C)cc1. The molecule has 0 aromatic heterocycles. The maximum absolute atomic E-state index is 12.8. The van der Waals surface area contributed by atoms with E-state index in [1.165, 1.54) is 47.9 Å². The first-order chi connectivity index (χ1) is 21.4. The lowest BCUT2D eigenvalue weighted by atomic mass is 10.1. The van der Waals surface area contributed by atoms with Crippen LogP contribution in [0.1, 0.15) is 55.6 Å². The van der Waals surface area contributed by atoms with Crippen LogP contribution in [0.2, 0.25) is 10.0 Å². The van der Waals surface area contributed by atoms with E-state index in [1.54, 1.807) is 32.9 Å². The highest BCUT2D eigenvalue weighted by atomic mass is 35.5. The third-order valence-electron chi connectivity index (χ3n) is 6.72. The predicted octanol–water partition coefficient (Wildman–Crippen LogP) is 13.4. The first-order valence-electron chi connectivity index (χ1n) is 14.7. The third kappa shape index (κ3) is 15.1. The van der Waals surface area contributed by atoms with Crippen LogP contribution in [0.5, 0.6) is 0 Å². The van der Waals surface area contributed by atoms with Crippen molar-refractivity contribution in [2.75, 3.05) is 0 Å². The van der Waals surface area contributed by atoms with Crippen molar-refractivity contribution in [2.24, 2.45) is 0 Å². The van der Waals surface area contributed by atoms with Gasteiger partial charge in [-0.05, 0) is 139 Å². The molecule has 0 nitrogen and oxygen atoms in total. The first-order valence-corrected chi connectivity index (χ1v) is 15.5. The monoisotopic (exact) mass is 670 g/mol. The Morgan fingerprint density at radius 2 is 0.652 bits per heavy atom. The van der Waals surface area contributed by atoms with Crippen LogP contribution in [-0.2, 0) is 0 Å². The molecule has 0 N–H and O–H groups in total. The molecule has 0 saturated carbocycles. The molecule has 5 aromatic rings. The van der Waals surface area contributed by atoms with Gasteiger partial charge in [-0.25, -0.2) is 17.6 Å². The van der Waals surface area contributed by atoms with Gasteiger partial charge in [0, 0.05) is 21.2 Å². The highest BCUT2D eigenvalue weighted by Gasteiger charge is 2.03. The number of rotatable bonds is 0. The van der Waals surface area contributed by atoms with E-state index in [0.717, 1.165) is 21.7 Å². The Bertz CT molecular complexity index is 1520. The van der Waals surface area contributed by atoms with Gasteiger partial charge in [-0.3, -0.25) is 0 Å². The fraction of sp³-hybridized carbons (Fsp3) is 0.250. The van der Waals surface area contributed by atoms with Crippen LogP contribution in [0.4, 0.5) is 17.6 Å². The molecule has 0 amide bonds. The summed E-state index contributed by atoms with van der Waals surface area (Å²) < 4.78 is 50.5. The van der Waals surface area contributed by atoms with Gasteiger partial charge in [-0.1, -0.05) is 82.9 Å². The Labute approximate surface area is 283 Å². The summed E-state index contributed by atoms with van der Waals surface area (Å²) in [7, 11) is 0. The zero-order valence-electron chi connectivity index (χ0n) is 28.4. The lowest BCUT2D eigenvalue weighted by molar-refractivity contribution is 0.566. The Hall–Kier alpha value is -3.60. The van der Waals surface area contributed by atoms with Crippen molar-refractivity contribution in [1.82, 2.24) is 0 Å². The van der Waals surface area contributed by atoms with Crippen LogP contribution in [0.3, 0.4) is 0 Å². The summed E-state index contributed by atoms with van der Waals surface area (Å²) in [5, 5.41) is 1.35. The second-order valence-electron chi connectivity index (χ2n) is 11.4. The van der Waals surface area contributed by atoms with Gasteiger partial charge < -0.3 is 0 Å². The second-order valence-corrected chi connectivity index (χ2v) is 12.2. The summed E-state index contributed by atoms with van der Waals surface area (Å²) in [5.41, 5.74) is 8.77. The Morgan fingerprint density at radius 3 is 1.02 bits per heavy atom. The molecule has 0 bridgehead atoms. The predicted molar refractivity (Wildman–Crippen MR) is 189 cm³/mol. The first kappa shape index (κ1) is 40.4. The molecule has 0 aliphatic heterocycles. The van der Waals surface area contributed by atoms with E-state index in [4.69, 9.17) is 23.2 Å². The molecule has 0 aliphatic rings. The maximum Gasteiger partial charge on any atom is 0.129 e. The number of hydrogen-bond acceptors (Lipinski definition) is 0. The minimum atomic E-state index is -0.475. The van der Waals surface area contributed by atoms with Gasteiger partial charge in [0.15, 0.2) is 0 Å². The summed E-state index contributed by atoms with van der Waals surface area (Å²) in [6.45, 7) is 18.4. The van der Waals surface area contributed by atoms with E-state index < -0.39 is 11.6 Å². The van der Waals surface area contributed by atoms with Crippen LogP contribution in [-0.4, -0.2) is 0 Å². The Balaban J connectivity index is 0.000000288. The van der Waals surface area contributed by atoms with Crippen LogP contribution in [0.15, 0.2) is 84.9 Å². The molecule has 0 fully saturated rings. The highest BCUT2D eigenvalue weighted by Crippen LogP contribution is 2.19. The third-order valence-corrected chi connectivity index (χ3v) is 7.52. The van der Waals surface area contributed by atoms with E-state index in [1.807, 2.05) is 45.9 Å². The van der Waals surface area contributed by atoms with Gasteiger partial charge in [-0.2, -0.15) is 0 Å². The largest absolute Gasteiger partial charge is 0.207 e. The lowest BCUT2D eigenvalue weighted by Crippen LogP contribution is -1.88. The van der Waals surface area contributed by atoms with Gasteiger partial charge in [0.25, 0.3) is 0 Å². The number of aryl methyl sites for hydroxylation is 8. The molecule has 0 unspecified atom stereocenters. The minimum absolute atomic E-state index is 0.0885. The van der Waals surface area contributed by atoms with Crippen molar-refractivity contribution in [3.05, 3.63) is 174 Å². The summed E-state index contributed by atoms with van der Waals surface area (Å²) in [4.78, 5) is 0. The molecule has 0 aliphatic carbocycles. The molecule has 246 valence electrons. The highest BCUT2D eigenvalue weighted by molar-refractivity contribution is 6.31. The van der Waals surface area contributed by atoms with E-state index >= 15 is 0 Å². The van der Waals surface area contributed by atoms with Crippen LogP contribution in [0.25, 0.3) is 0 Å². The molecule has 5 aromatic carbocycles. The lowest BCUT2D eigenvalue weighted by Gasteiger charge is -1.99. The number of benzene rings is 5. The van der Waals surface area contributed by atoms with Crippen molar-refractivity contribution < 1.29 is 17.6 Å². The van der Waals surface area contributed by atoms with E-state index in [-0.39, 0.29) is 17.2 Å². The molecule has 5 rings (SSSR count). The molecular weight excluding hydrogens is 627 g/mol. The van der Waals surface area contributed by atoms with Crippen molar-refractivity contribution in [3.63, 3.8) is 0 Å². The summed E-state index contributed by atoms with van der Waals surface area (Å²) in [6.07, 6.45) is 0. The average molecular weight is 672 g/mol. The van der Waals surface area contributed by atoms with Gasteiger partial charge in [-0.15, -0.1) is 0 Å². The molecule has 0 heterocycles. The summed E-state index contributed by atoms with van der Waals surface area (Å²) >= 11 is 11.5. The van der Waals surface area contributed by atoms with Crippen molar-refractivity contribution in [1.29, 1.82) is 0 Å². The quantitative estimate of drug-likeness (QED) is 0.144. The van der Waals surface area contributed by atoms with Gasteiger partial charge >= 0.3 is 0 Å². The number of hydrogen-bond donors (Lipinski definition) is 0. The normalized spacial score (nSPS) is 9.74. The van der Waals surface area contributed by atoms with E-state index in [0.29, 0.717) is 21.7 Å². The van der Waals surface area contributed by atoms with Crippen LogP contribution in [0, 0.1) is 92.5 Å². The molecule has 0 spiro atoms. The molecule has 6 heteroatoms. The fourth-order valence-electron chi connectivity index (χ4n) is 3.58. The van der Waals surface area contributed by atoms with Crippen molar-refractivity contribution >= 4 is 23.2 Å². The Kier molecular flexibility index (Phi) is 17.4. The van der Waals surface area contributed by atoms with E-state index in [2.05, 4.69) is 44.2 Å². The standard InChI is InChI=1S/C8H8ClF.C8H9Cl.C8H8F2.C8H9F.C8H10/c1-5-3-7(9)6(2)8(10)4-5;1-6-3-4-7(2)8(9)5-6;1-5-3-7(9)6(2)8(10)4-5;1-6-3-4-7(2)8(9)5-6;1-7-3-5-8(2)6-4-7/h3-4H,1-2H3;3-5H,1-2H3;3-4H,1-2H3;3-5H,1-2H3;3-6H,1-2H3. The van der Waals surface area contributed by atoms with Crippen molar-refractivity contribution in [2.45, 2.75) is 69.2 Å². The van der Waals surface area contributed by atoms with Gasteiger partial charge in [0.1, 0.15) is 23.3 Å². The van der Waals surface area contributed by atoms with Gasteiger partial charge in [0.2, 0.25) is 0 Å². The zero-order valence-corrected chi connectivity index (χ0v) is 29.9. The molecule has 0 atom stereocenters. The molecular formula is C40H44Cl2F4. The Morgan fingerprint density at radius 1 is 0.326 bits per heavy atom. The topological polar surface area (TPSA) is 0 Å². The summed E-state index contributed by atoms with van der Waals surface area (Å²) in [5.74, 6) is -1.30. The smallest absolute Gasteiger partial charge is 0.129 e. The van der Waals surface area contributed by atoms with Crippen LogP contribution < -0.4 is 0 Å². The van der Waals surface area contributed by atoms with Crippen LogP contribution >= 0.6 is 23.2 Å². The van der Waals surface area contributed by atoms with Gasteiger partial charge in [0.05, 0.1) is 0 Å². The number of halogens is 6. The summed E-state index contributed by atoms with van der Waals surface area (Å²) in [6, 6.07) is 25.6. The maximum atomic E-state index is 12.8. The molecule has 0 radical (unpaired) electrons. The average Bonchev–Trinajstić information content (AvgIpc) is 2.97. The van der Waals surface area contributed by atoms with Crippen molar-refractivity contribution in [3.8, 4) is 0 Å². The fourth-order valence-corrected chi connectivity index (χ4v) is 4.07. The zero-order chi connectivity index (χ0) is 35.1. The molecule has 0 saturated heterocycles. The molecule has 46 heavy (non-hydrogen) atoms. The minimum Gasteiger partial charge on any atom is -0.207 e.